The summed E-state index contributed by atoms with van der Waals surface area (Å²) in [4.78, 5) is 0. The van der Waals surface area contributed by atoms with Gasteiger partial charge >= 0.3 is 0 Å². The van der Waals surface area contributed by atoms with E-state index in [4.69, 9.17) is 42.6 Å². The minimum Gasteiger partial charge on any atom is -0.477 e. The molecule has 9 nitrogen and oxygen atoms in total. The normalized spacial score (nSPS) is 22.8. The van der Waals surface area contributed by atoms with Crippen molar-refractivity contribution in [2.24, 2.45) is 0 Å². The third-order valence-corrected chi connectivity index (χ3v) is 11.2. The number of ether oxygens (including phenoxy) is 9. The maximum Gasteiger partial charge on any atom is 0.187 e. The minimum absolute atomic E-state index is 0.225. The SMILES string of the molecule is CO[C@H]1O[C@H](C#CC2=C[C@@H](OCc3ccccc3)[C@H](OCc3ccccc3)[C@@H](COCc3ccccc3)O2)[C@@H](OCc2ccccc2)[C@H](OCc2ccccc2)[C@H]1OCc1ccccc1. The van der Waals surface area contributed by atoms with Crippen molar-refractivity contribution in [1.29, 1.82) is 0 Å². The molecular weight excluding hydrogens is 817 g/mol. The van der Waals surface area contributed by atoms with Crippen LogP contribution >= 0.6 is 0 Å². The highest BCUT2D eigenvalue weighted by Gasteiger charge is 2.48. The second-order valence-electron chi connectivity index (χ2n) is 15.9. The van der Waals surface area contributed by atoms with E-state index in [9.17, 15) is 0 Å². The van der Waals surface area contributed by atoms with Crippen molar-refractivity contribution in [3.63, 3.8) is 0 Å². The van der Waals surface area contributed by atoms with Crippen molar-refractivity contribution in [2.45, 2.75) is 88.7 Å². The van der Waals surface area contributed by atoms with Crippen molar-refractivity contribution < 1.29 is 42.6 Å². The van der Waals surface area contributed by atoms with Gasteiger partial charge in [-0.3, -0.25) is 0 Å². The Morgan fingerprint density at radius 1 is 0.431 bits per heavy atom. The van der Waals surface area contributed by atoms with Gasteiger partial charge in [0.05, 0.1) is 46.2 Å². The molecule has 0 spiro atoms. The Labute approximate surface area is 382 Å². The molecule has 2 heterocycles. The zero-order valence-corrected chi connectivity index (χ0v) is 36.6. The highest BCUT2D eigenvalue weighted by Crippen LogP contribution is 2.32. The molecule has 0 unspecified atom stereocenters. The van der Waals surface area contributed by atoms with E-state index in [0.29, 0.717) is 38.8 Å². The summed E-state index contributed by atoms with van der Waals surface area (Å²) in [6.07, 6.45) is -3.43. The first-order valence-corrected chi connectivity index (χ1v) is 22.2. The van der Waals surface area contributed by atoms with E-state index in [1.54, 1.807) is 7.11 Å². The number of allylic oxidation sites excluding steroid dienone is 1. The fraction of sp³-hybridized carbons (Fsp3) is 0.286. The van der Waals surface area contributed by atoms with Crippen LogP contribution in [0.4, 0.5) is 0 Å². The molecule has 0 amide bonds. The van der Waals surface area contributed by atoms with Crippen LogP contribution in [0.15, 0.2) is 194 Å². The van der Waals surface area contributed by atoms with Crippen LogP contribution in [0, 0.1) is 11.8 Å². The molecule has 0 saturated carbocycles. The van der Waals surface area contributed by atoms with Gasteiger partial charge in [-0.05, 0) is 45.4 Å². The van der Waals surface area contributed by atoms with E-state index >= 15 is 0 Å². The first-order valence-electron chi connectivity index (χ1n) is 22.2. The summed E-state index contributed by atoms with van der Waals surface area (Å²) < 4.78 is 59.4. The Hall–Kier alpha value is -5.90. The molecule has 6 aromatic carbocycles. The number of methoxy groups -OCH3 is 1. The third-order valence-electron chi connectivity index (χ3n) is 11.2. The van der Waals surface area contributed by atoms with Gasteiger partial charge < -0.3 is 42.6 Å². The maximum absolute atomic E-state index is 6.81. The zero-order valence-electron chi connectivity index (χ0n) is 36.6. The molecule has 0 aromatic heterocycles. The van der Waals surface area contributed by atoms with E-state index in [2.05, 4.69) is 11.8 Å². The Morgan fingerprint density at radius 3 is 1.26 bits per heavy atom. The predicted molar refractivity (Wildman–Crippen MR) is 248 cm³/mol. The van der Waals surface area contributed by atoms with Crippen LogP contribution in [0.25, 0.3) is 0 Å². The van der Waals surface area contributed by atoms with Crippen LogP contribution in [0.3, 0.4) is 0 Å². The van der Waals surface area contributed by atoms with Crippen molar-refractivity contribution in [3.05, 3.63) is 227 Å². The summed E-state index contributed by atoms with van der Waals surface area (Å²) in [6.45, 7) is 2.25. The van der Waals surface area contributed by atoms with E-state index in [0.717, 1.165) is 33.4 Å². The number of hydrogen-bond acceptors (Lipinski definition) is 9. The van der Waals surface area contributed by atoms with Crippen molar-refractivity contribution in [2.75, 3.05) is 13.7 Å². The molecule has 1 saturated heterocycles. The van der Waals surface area contributed by atoms with Gasteiger partial charge in [0.25, 0.3) is 0 Å². The fourth-order valence-electron chi connectivity index (χ4n) is 7.78. The molecule has 0 aliphatic carbocycles. The first-order chi connectivity index (χ1) is 32.2. The lowest BCUT2D eigenvalue weighted by atomic mass is 9.97. The van der Waals surface area contributed by atoms with Crippen molar-refractivity contribution in [3.8, 4) is 11.8 Å². The Morgan fingerprint density at radius 2 is 0.815 bits per heavy atom. The molecular formula is C56H56O9. The minimum atomic E-state index is -0.839. The molecule has 334 valence electrons. The highest BCUT2D eigenvalue weighted by atomic mass is 16.7. The topological polar surface area (TPSA) is 83.1 Å². The Bertz CT molecular complexity index is 2360. The first kappa shape index (κ1) is 45.7. The molecule has 65 heavy (non-hydrogen) atoms. The van der Waals surface area contributed by atoms with Gasteiger partial charge in [-0.15, -0.1) is 0 Å². The summed E-state index contributed by atoms with van der Waals surface area (Å²) in [5.41, 5.74) is 6.12. The van der Waals surface area contributed by atoms with Crippen LogP contribution in [0.2, 0.25) is 0 Å². The molecule has 8 atom stereocenters. The standard InChI is InChI=1S/C56H56O9/c1-57-56-55(63-40-47-30-18-7-19-31-47)54(62-39-46-28-16-6-17-29-46)53(61-38-45-26-14-5-15-27-45)49(65-56)33-32-48-34-50(59-36-43-22-10-3-11-23-43)52(60-37-44-24-12-4-13-25-44)51(64-48)41-58-35-42-20-8-2-9-21-42/h2-31,34,49-56H,35-41H2,1H3/t49-,50-,51-,52+,53-,54+,55-,56+/m1/s1. The molecule has 2 aliphatic rings. The third kappa shape index (κ3) is 13.6. The van der Waals surface area contributed by atoms with E-state index in [1.807, 2.05) is 188 Å². The van der Waals surface area contributed by atoms with Crippen molar-refractivity contribution >= 4 is 0 Å². The lowest BCUT2D eigenvalue weighted by molar-refractivity contribution is -0.307. The van der Waals surface area contributed by atoms with E-state index < -0.39 is 49.0 Å². The smallest absolute Gasteiger partial charge is 0.187 e. The fourth-order valence-corrected chi connectivity index (χ4v) is 7.78. The monoisotopic (exact) mass is 872 g/mol. The van der Waals surface area contributed by atoms with Crippen LogP contribution in [-0.4, -0.2) is 62.7 Å². The predicted octanol–water partition coefficient (Wildman–Crippen LogP) is 9.79. The number of hydrogen-bond donors (Lipinski definition) is 0. The van der Waals surface area contributed by atoms with Gasteiger partial charge in [-0.1, -0.05) is 188 Å². The molecule has 2 aliphatic heterocycles. The second-order valence-corrected chi connectivity index (χ2v) is 15.9. The summed E-state index contributed by atoms with van der Waals surface area (Å²) in [5.74, 6) is 7.13. The molecule has 0 radical (unpaired) electrons. The summed E-state index contributed by atoms with van der Waals surface area (Å²) >= 11 is 0. The summed E-state index contributed by atoms with van der Waals surface area (Å²) in [7, 11) is 1.60. The molecule has 6 aromatic rings. The van der Waals surface area contributed by atoms with Gasteiger partial charge in [-0.2, -0.15) is 0 Å². The van der Waals surface area contributed by atoms with Crippen LogP contribution < -0.4 is 0 Å². The summed E-state index contributed by atoms with van der Waals surface area (Å²) in [6, 6.07) is 60.3. The zero-order chi connectivity index (χ0) is 44.3. The lowest BCUT2D eigenvalue weighted by Crippen LogP contribution is -2.60. The average Bonchev–Trinajstić information content (AvgIpc) is 3.37. The number of rotatable bonds is 20. The molecule has 8 rings (SSSR count). The maximum atomic E-state index is 6.81. The van der Waals surface area contributed by atoms with Gasteiger partial charge in [0.2, 0.25) is 0 Å². The Kier molecular flexibility index (Phi) is 17.1. The largest absolute Gasteiger partial charge is 0.477 e. The second kappa shape index (κ2) is 24.4. The van der Waals surface area contributed by atoms with Crippen LogP contribution in [0.5, 0.6) is 0 Å². The molecule has 9 heteroatoms. The number of benzene rings is 6. The van der Waals surface area contributed by atoms with Gasteiger partial charge in [0.1, 0.15) is 30.5 Å². The molecule has 0 bridgehead atoms. The van der Waals surface area contributed by atoms with E-state index in [1.165, 1.54) is 0 Å². The van der Waals surface area contributed by atoms with Gasteiger partial charge in [0.15, 0.2) is 24.3 Å². The highest BCUT2D eigenvalue weighted by molar-refractivity contribution is 5.30. The summed E-state index contributed by atoms with van der Waals surface area (Å²) in [5, 5.41) is 0. The van der Waals surface area contributed by atoms with Crippen LogP contribution in [0.1, 0.15) is 33.4 Å². The average molecular weight is 873 g/mol. The molecule has 1 fully saturated rings. The van der Waals surface area contributed by atoms with Crippen LogP contribution in [-0.2, 0) is 82.3 Å². The quantitative estimate of drug-likeness (QED) is 0.0697. The van der Waals surface area contributed by atoms with Crippen molar-refractivity contribution in [1.82, 2.24) is 0 Å². The molecule has 0 N–H and O–H groups in total. The van der Waals surface area contributed by atoms with Gasteiger partial charge in [-0.25, -0.2) is 0 Å². The Balaban J connectivity index is 1.11. The van der Waals surface area contributed by atoms with E-state index in [-0.39, 0.29) is 13.2 Å². The van der Waals surface area contributed by atoms with Gasteiger partial charge in [0, 0.05) is 7.11 Å². The lowest BCUT2D eigenvalue weighted by Gasteiger charge is -2.44.